The van der Waals surface area contributed by atoms with Gasteiger partial charge in [-0.1, -0.05) is 24.3 Å². The highest BCUT2D eigenvalue weighted by Gasteiger charge is 2.11. The van der Waals surface area contributed by atoms with Gasteiger partial charge in [0.25, 0.3) is 0 Å². The summed E-state index contributed by atoms with van der Waals surface area (Å²) in [5, 5.41) is 26.0. The van der Waals surface area contributed by atoms with Gasteiger partial charge >= 0.3 is 12.1 Å². The van der Waals surface area contributed by atoms with Crippen molar-refractivity contribution in [3.8, 4) is 11.5 Å². The molecular weight excluding hydrogens is 344 g/mol. The van der Waals surface area contributed by atoms with E-state index in [1.54, 1.807) is 24.3 Å². The molecule has 138 valence electrons. The van der Waals surface area contributed by atoms with E-state index >= 15 is 0 Å². The van der Waals surface area contributed by atoms with Crippen LogP contribution >= 0.6 is 0 Å². The minimum absolute atomic E-state index is 0. The highest BCUT2D eigenvalue weighted by Crippen LogP contribution is 2.10. The van der Waals surface area contributed by atoms with E-state index in [0.717, 1.165) is 11.8 Å². The Morgan fingerprint density at radius 3 is 1.62 bits per heavy atom. The molecule has 0 aromatic heterocycles. The fourth-order valence-corrected chi connectivity index (χ4v) is 1.60. The van der Waals surface area contributed by atoms with E-state index in [-0.39, 0.29) is 25.5 Å². The number of rotatable bonds is 5. The highest BCUT2D eigenvalue weighted by molar-refractivity contribution is 6.33. The van der Waals surface area contributed by atoms with Gasteiger partial charge in [0.2, 0.25) is 5.78 Å². The van der Waals surface area contributed by atoms with Crippen LogP contribution in [0.15, 0.2) is 48.5 Å². The Kier molecular flexibility index (Phi) is 10.8. The first-order valence-electron chi connectivity index (χ1n) is 7.08. The Hall–Kier alpha value is -3.77. The zero-order chi connectivity index (χ0) is 19.9. The number of carbonyl (C=O) groups excluding carboxylic acids is 4. The number of hydrogen-bond donors (Lipinski definition) is 3. The van der Waals surface area contributed by atoms with Crippen LogP contribution in [0.4, 0.5) is 0 Å². The lowest BCUT2D eigenvalue weighted by Gasteiger charge is -1.97. The topological polar surface area (TPSA) is 146 Å². The van der Waals surface area contributed by atoms with Gasteiger partial charge in [-0.15, -0.1) is 0 Å². The van der Waals surface area contributed by atoms with Crippen LogP contribution in [0.2, 0.25) is 0 Å². The second kappa shape index (κ2) is 12.6. The van der Waals surface area contributed by atoms with Gasteiger partial charge in [0.05, 0.1) is 0 Å². The number of Topliss-reactive ketones (excluding diaryl/α,β-unsaturated/α-hetero) is 1. The zero-order valence-corrected chi connectivity index (χ0v) is 13.5. The number of phenolic OH excluding ortho intramolecular Hbond substituents is 2. The predicted molar refractivity (Wildman–Crippen MR) is 89.4 cm³/mol. The fraction of sp³-hybridized carbons (Fsp3) is 0.111. The Bertz CT molecular complexity index is 748. The Morgan fingerprint density at radius 1 is 0.885 bits per heavy atom. The number of aromatic hydroxyl groups is 2. The molecule has 0 fully saturated rings. The average molecular weight is 362 g/mol. The van der Waals surface area contributed by atoms with E-state index < -0.39 is 11.8 Å². The molecule has 0 aliphatic heterocycles. The molecule has 0 amide bonds. The quantitative estimate of drug-likeness (QED) is 0.534. The lowest BCUT2D eigenvalue weighted by molar-refractivity contribution is -0.191. The van der Waals surface area contributed by atoms with Gasteiger partial charge < -0.3 is 20.1 Å². The smallest absolute Gasteiger partial charge is 0.373 e. The third-order valence-electron chi connectivity index (χ3n) is 2.79. The molecule has 0 heterocycles. The van der Waals surface area contributed by atoms with E-state index in [0.29, 0.717) is 12.0 Å². The second-order valence-corrected chi connectivity index (χ2v) is 4.69. The maximum Gasteiger partial charge on any atom is 0.373 e. The zero-order valence-electron chi connectivity index (χ0n) is 13.5. The molecule has 0 unspecified atom stereocenters. The lowest BCUT2D eigenvalue weighted by Crippen LogP contribution is -2.14. The molecule has 2 aromatic carbocycles. The van der Waals surface area contributed by atoms with Crippen LogP contribution in [-0.4, -0.2) is 39.5 Å². The van der Waals surface area contributed by atoms with Crippen LogP contribution in [0.1, 0.15) is 12.6 Å². The van der Waals surface area contributed by atoms with Crippen molar-refractivity contribution < 1.29 is 40.7 Å². The summed E-state index contributed by atoms with van der Waals surface area (Å²) >= 11 is 0. The summed E-state index contributed by atoms with van der Waals surface area (Å²) in [5.74, 6) is -1.97. The number of phenols is 2. The van der Waals surface area contributed by atoms with Gasteiger partial charge in [0.1, 0.15) is 17.8 Å². The van der Waals surface area contributed by atoms with Crippen LogP contribution in [0.25, 0.3) is 0 Å². The first kappa shape index (κ1) is 22.2. The Morgan fingerprint density at radius 2 is 1.27 bits per heavy atom. The van der Waals surface area contributed by atoms with Crippen LogP contribution in [0, 0.1) is 0 Å². The molecule has 0 aliphatic rings. The summed E-state index contributed by atoms with van der Waals surface area (Å²) in [5.41, 5.74) is 1.50. The third kappa shape index (κ3) is 10.1. The SMILES string of the molecule is O=C(O)C(=O)Cc1ccc(O)cc1.O=C=O.O=CCc1ccc(O)cc1.[HH]. The van der Waals surface area contributed by atoms with E-state index in [1.165, 1.54) is 24.3 Å². The molecule has 0 saturated carbocycles. The van der Waals surface area contributed by atoms with Gasteiger partial charge in [-0.2, -0.15) is 9.59 Å². The largest absolute Gasteiger partial charge is 0.508 e. The minimum atomic E-state index is -1.44. The summed E-state index contributed by atoms with van der Waals surface area (Å²) in [6.45, 7) is 0. The Balaban J connectivity index is 0. The standard InChI is InChI=1S/C9H8O4.C8H8O2.CO2.H2/c10-7-3-1-6(2-4-7)5-8(11)9(12)13;9-6-5-7-1-3-8(10)4-2-7;2-1-3;/h1-4,10H,5H2,(H,12,13);1-4,6,10H,5H2;;1H. The van der Waals surface area contributed by atoms with Crippen LogP contribution in [0.5, 0.6) is 11.5 Å². The number of carboxylic acids is 1. The van der Waals surface area contributed by atoms with E-state index in [2.05, 4.69) is 0 Å². The Labute approximate surface area is 149 Å². The number of carboxylic acid groups (broad SMARTS) is 1. The number of ketones is 1. The molecule has 0 bridgehead atoms. The van der Waals surface area contributed by atoms with Gasteiger partial charge in [0, 0.05) is 14.3 Å². The van der Waals surface area contributed by atoms with Crippen molar-refractivity contribution in [1.29, 1.82) is 0 Å². The van der Waals surface area contributed by atoms with E-state index in [1.807, 2.05) is 0 Å². The first-order chi connectivity index (χ1) is 12.3. The van der Waals surface area contributed by atoms with Crippen LogP contribution in [-0.2, 0) is 36.8 Å². The molecule has 0 atom stereocenters. The summed E-state index contributed by atoms with van der Waals surface area (Å²) in [4.78, 5) is 47.2. The molecule has 0 spiro atoms. The van der Waals surface area contributed by atoms with Crippen molar-refractivity contribution in [1.82, 2.24) is 0 Å². The first-order valence-corrected chi connectivity index (χ1v) is 7.08. The van der Waals surface area contributed by atoms with Crippen molar-refractivity contribution in [2.75, 3.05) is 0 Å². The van der Waals surface area contributed by atoms with Crippen molar-refractivity contribution in [2.45, 2.75) is 12.8 Å². The number of aliphatic carboxylic acids is 1. The van der Waals surface area contributed by atoms with Gasteiger partial charge in [-0.25, -0.2) is 4.79 Å². The minimum Gasteiger partial charge on any atom is -0.508 e. The maximum atomic E-state index is 10.7. The molecule has 8 heteroatoms. The van der Waals surface area contributed by atoms with Crippen molar-refractivity contribution in [2.24, 2.45) is 0 Å². The van der Waals surface area contributed by atoms with E-state index in [4.69, 9.17) is 24.9 Å². The summed E-state index contributed by atoms with van der Waals surface area (Å²) < 4.78 is 0. The van der Waals surface area contributed by atoms with Crippen LogP contribution < -0.4 is 0 Å². The molecule has 0 aliphatic carbocycles. The van der Waals surface area contributed by atoms with Crippen molar-refractivity contribution in [3.05, 3.63) is 59.7 Å². The molecular formula is C18H18O8. The van der Waals surface area contributed by atoms with Gasteiger partial charge in [-0.05, 0) is 35.4 Å². The van der Waals surface area contributed by atoms with Crippen molar-refractivity contribution >= 4 is 24.2 Å². The van der Waals surface area contributed by atoms with Crippen molar-refractivity contribution in [3.63, 3.8) is 0 Å². The average Bonchev–Trinajstić information content (AvgIpc) is 2.60. The predicted octanol–water partition coefficient (Wildman–Crippen LogP) is 1.38. The summed E-state index contributed by atoms with van der Waals surface area (Å²) in [6, 6.07) is 12.4. The number of carbonyl (C=O) groups is 3. The number of benzene rings is 2. The van der Waals surface area contributed by atoms with Gasteiger partial charge in [-0.3, -0.25) is 4.79 Å². The third-order valence-corrected chi connectivity index (χ3v) is 2.79. The summed E-state index contributed by atoms with van der Waals surface area (Å²) in [6.07, 6.45) is 1.36. The molecule has 26 heavy (non-hydrogen) atoms. The molecule has 8 nitrogen and oxygen atoms in total. The second-order valence-electron chi connectivity index (χ2n) is 4.69. The summed E-state index contributed by atoms with van der Waals surface area (Å²) in [7, 11) is 0. The molecule has 2 aromatic rings. The monoisotopic (exact) mass is 362 g/mol. The number of hydrogen-bond acceptors (Lipinski definition) is 7. The molecule has 0 saturated heterocycles. The molecule has 0 radical (unpaired) electrons. The fourth-order valence-electron chi connectivity index (χ4n) is 1.60. The molecule has 2 rings (SSSR count). The number of aldehydes is 1. The molecule has 3 N–H and O–H groups in total. The van der Waals surface area contributed by atoms with Gasteiger partial charge in [0.15, 0.2) is 0 Å². The maximum absolute atomic E-state index is 10.7. The lowest BCUT2D eigenvalue weighted by atomic mass is 10.1. The highest BCUT2D eigenvalue weighted by atomic mass is 16.4. The van der Waals surface area contributed by atoms with Crippen LogP contribution in [0.3, 0.4) is 0 Å². The van der Waals surface area contributed by atoms with E-state index in [9.17, 15) is 14.4 Å². The normalized spacial score (nSPS) is 8.62.